The lowest BCUT2D eigenvalue weighted by molar-refractivity contribution is -0.131. The maximum atomic E-state index is 11.8. The van der Waals surface area contributed by atoms with Crippen molar-refractivity contribution in [3.63, 3.8) is 0 Å². The Morgan fingerprint density at radius 1 is 1.39 bits per heavy atom. The number of hydrogen-bond donors (Lipinski definition) is 1. The predicted molar refractivity (Wildman–Crippen MR) is 87.3 cm³/mol. The zero-order chi connectivity index (χ0) is 15.4. The third-order valence-electron chi connectivity index (χ3n) is 3.86. The lowest BCUT2D eigenvalue weighted by atomic mass is 9.97. The molecule has 0 aliphatic carbocycles. The Bertz CT molecular complexity index is 626. The van der Waals surface area contributed by atoms with Crippen molar-refractivity contribution in [1.29, 1.82) is 0 Å². The maximum absolute atomic E-state index is 11.8. The summed E-state index contributed by atoms with van der Waals surface area (Å²) in [6.45, 7) is 1.84. The third kappa shape index (κ3) is 4.05. The molecule has 1 fully saturated rings. The van der Waals surface area contributed by atoms with E-state index in [4.69, 9.17) is 4.52 Å². The second-order valence-electron chi connectivity index (χ2n) is 5.36. The van der Waals surface area contributed by atoms with E-state index in [1.165, 1.54) is 0 Å². The summed E-state index contributed by atoms with van der Waals surface area (Å²) in [5.41, 5.74) is 0.708. The molecule has 0 aromatic carbocycles. The number of nitrogens with one attached hydrogen (secondary N) is 1. The molecule has 3 rings (SSSR count). The molecule has 1 amide bonds. The van der Waals surface area contributed by atoms with Crippen LogP contribution >= 0.6 is 12.4 Å². The quantitative estimate of drug-likeness (QED) is 0.909. The van der Waals surface area contributed by atoms with Crippen LogP contribution in [0.3, 0.4) is 0 Å². The van der Waals surface area contributed by atoms with Gasteiger partial charge in [-0.2, -0.15) is 4.98 Å². The van der Waals surface area contributed by atoms with E-state index < -0.39 is 0 Å². The van der Waals surface area contributed by atoms with Crippen molar-refractivity contribution in [1.82, 2.24) is 25.3 Å². The Hall–Kier alpha value is -1.99. The van der Waals surface area contributed by atoms with E-state index in [9.17, 15) is 4.79 Å². The van der Waals surface area contributed by atoms with Crippen LogP contribution in [0, 0.1) is 0 Å². The zero-order valence-corrected chi connectivity index (χ0v) is 13.8. The summed E-state index contributed by atoms with van der Waals surface area (Å²) in [7, 11) is 1.78. The Morgan fingerprint density at radius 2 is 2.17 bits per heavy atom. The number of rotatable bonds is 4. The number of amides is 1. The molecule has 2 aromatic heterocycles. The molecule has 0 spiro atoms. The van der Waals surface area contributed by atoms with Crippen molar-refractivity contribution in [2.75, 3.05) is 26.7 Å². The van der Waals surface area contributed by atoms with E-state index in [1.807, 2.05) is 23.1 Å². The number of likely N-dealkylation sites (N-methyl/N-ethyl adjacent to an activating group) is 1. The van der Waals surface area contributed by atoms with Crippen molar-refractivity contribution in [3.05, 3.63) is 30.3 Å². The zero-order valence-electron chi connectivity index (χ0n) is 12.9. The standard InChI is InChI=1S/C15H19N5O2.ClH/c1-16-10-13(21)20-8-5-11(6-9-20)15-18-14(19-22-15)12-4-2-3-7-17-12;/h2-4,7,11,16H,5-6,8-10H2,1H3;1H. The highest BCUT2D eigenvalue weighted by Crippen LogP contribution is 2.28. The minimum absolute atomic E-state index is 0. The predicted octanol–water partition coefficient (Wildman–Crippen LogP) is 1.48. The Kier molecular flexibility index (Phi) is 6.06. The van der Waals surface area contributed by atoms with Crippen LogP contribution in [0.1, 0.15) is 24.7 Å². The normalized spacial score (nSPS) is 15.3. The number of hydrogen-bond acceptors (Lipinski definition) is 6. The van der Waals surface area contributed by atoms with Gasteiger partial charge in [0.25, 0.3) is 0 Å². The molecule has 0 atom stereocenters. The molecule has 23 heavy (non-hydrogen) atoms. The van der Waals surface area contributed by atoms with Crippen molar-refractivity contribution in [2.45, 2.75) is 18.8 Å². The first-order valence-electron chi connectivity index (χ1n) is 7.45. The number of piperidine rings is 1. The van der Waals surface area contributed by atoms with Crippen LogP contribution in [0.25, 0.3) is 11.5 Å². The fourth-order valence-corrected chi connectivity index (χ4v) is 2.64. The van der Waals surface area contributed by atoms with E-state index in [-0.39, 0.29) is 24.2 Å². The number of halogens is 1. The molecule has 0 saturated carbocycles. The second kappa shape index (κ2) is 8.03. The van der Waals surface area contributed by atoms with E-state index in [2.05, 4.69) is 20.4 Å². The Balaban J connectivity index is 0.00000192. The lowest BCUT2D eigenvalue weighted by Crippen LogP contribution is -2.41. The minimum atomic E-state index is 0. The molecule has 8 heteroatoms. The number of carbonyl (C=O) groups excluding carboxylic acids is 1. The van der Waals surface area contributed by atoms with E-state index in [0.29, 0.717) is 24.0 Å². The second-order valence-corrected chi connectivity index (χ2v) is 5.36. The van der Waals surface area contributed by atoms with Gasteiger partial charge in [-0.25, -0.2) is 0 Å². The largest absolute Gasteiger partial charge is 0.342 e. The summed E-state index contributed by atoms with van der Waals surface area (Å²) >= 11 is 0. The van der Waals surface area contributed by atoms with Crippen LogP contribution in [-0.4, -0.2) is 52.6 Å². The van der Waals surface area contributed by atoms with Gasteiger partial charge in [-0.15, -0.1) is 12.4 Å². The first kappa shape index (κ1) is 17.4. The fraction of sp³-hybridized carbons (Fsp3) is 0.467. The summed E-state index contributed by atoms with van der Waals surface area (Å²) in [4.78, 5) is 22.4. The van der Waals surface area contributed by atoms with Crippen LogP contribution in [-0.2, 0) is 4.79 Å². The van der Waals surface area contributed by atoms with Gasteiger partial charge in [0.15, 0.2) is 0 Å². The molecule has 1 aliphatic heterocycles. The first-order valence-corrected chi connectivity index (χ1v) is 7.45. The average molecular weight is 338 g/mol. The van der Waals surface area contributed by atoms with Crippen LogP contribution in [0.5, 0.6) is 0 Å². The third-order valence-corrected chi connectivity index (χ3v) is 3.86. The minimum Gasteiger partial charge on any atom is -0.342 e. The van der Waals surface area contributed by atoms with Gasteiger partial charge >= 0.3 is 0 Å². The van der Waals surface area contributed by atoms with Gasteiger partial charge in [-0.1, -0.05) is 11.2 Å². The van der Waals surface area contributed by atoms with Crippen LogP contribution in [0.15, 0.2) is 28.9 Å². The van der Waals surface area contributed by atoms with Gasteiger partial charge in [-0.3, -0.25) is 9.78 Å². The van der Waals surface area contributed by atoms with Gasteiger partial charge in [0, 0.05) is 25.2 Å². The number of nitrogens with zero attached hydrogens (tertiary/aromatic N) is 4. The monoisotopic (exact) mass is 337 g/mol. The molecule has 7 nitrogen and oxygen atoms in total. The summed E-state index contributed by atoms with van der Waals surface area (Å²) < 4.78 is 5.38. The molecular weight excluding hydrogens is 318 g/mol. The molecule has 1 saturated heterocycles. The fourth-order valence-electron chi connectivity index (χ4n) is 2.64. The summed E-state index contributed by atoms with van der Waals surface area (Å²) in [6, 6.07) is 5.60. The van der Waals surface area contributed by atoms with Gasteiger partial charge in [0.05, 0.1) is 6.54 Å². The molecule has 124 valence electrons. The number of likely N-dealkylation sites (tertiary alicyclic amines) is 1. The van der Waals surface area contributed by atoms with Crippen LogP contribution in [0.2, 0.25) is 0 Å². The average Bonchev–Trinajstić information content (AvgIpc) is 3.06. The van der Waals surface area contributed by atoms with Crippen molar-refractivity contribution in [2.24, 2.45) is 0 Å². The van der Waals surface area contributed by atoms with E-state index >= 15 is 0 Å². The number of aromatic nitrogens is 3. The van der Waals surface area contributed by atoms with E-state index in [1.54, 1.807) is 13.2 Å². The van der Waals surface area contributed by atoms with Crippen LogP contribution in [0.4, 0.5) is 0 Å². The Morgan fingerprint density at radius 3 is 2.83 bits per heavy atom. The molecule has 0 unspecified atom stereocenters. The highest BCUT2D eigenvalue weighted by Gasteiger charge is 2.27. The van der Waals surface area contributed by atoms with Crippen molar-refractivity contribution in [3.8, 4) is 11.5 Å². The molecule has 0 radical (unpaired) electrons. The molecule has 2 aromatic rings. The smallest absolute Gasteiger partial charge is 0.236 e. The van der Waals surface area contributed by atoms with Gasteiger partial charge in [0.1, 0.15) is 5.69 Å². The summed E-state index contributed by atoms with van der Waals surface area (Å²) in [5.74, 6) is 1.51. The maximum Gasteiger partial charge on any atom is 0.236 e. The summed E-state index contributed by atoms with van der Waals surface area (Å²) in [6.07, 6.45) is 3.40. The Labute approximate surface area is 140 Å². The highest BCUT2D eigenvalue weighted by atomic mass is 35.5. The SMILES string of the molecule is CNCC(=O)N1CCC(c2nc(-c3ccccn3)no2)CC1.Cl. The van der Waals surface area contributed by atoms with Crippen LogP contribution < -0.4 is 5.32 Å². The molecular formula is C15H20ClN5O2. The number of pyridine rings is 1. The summed E-state index contributed by atoms with van der Waals surface area (Å²) in [5, 5.41) is 6.90. The molecule has 1 N–H and O–H groups in total. The van der Waals surface area contributed by atoms with Crippen molar-refractivity contribution >= 4 is 18.3 Å². The topological polar surface area (TPSA) is 84.2 Å². The molecule has 3 heterocycles. The number of carbonyl (C=O) groups is 1. The first-order chi connectivity index (χ1) is 10.8. The van der Waals surface area contributed by atoms with Gasteiger partial charge in [-0.05, 0) is 32.0 Å². The van der Waals surface area contributed by atoms with E-state index in [0.717, 1.165) is 25.9 Å². The van der Waals surface area contributed by atoms with Gasteiger partial charge in [0.2, 0.25) is 17.6 Å². The molecule has 0 bridgehead atoms. The lowest BCUT2D eigenvalue weighted by Gasteiger charge is -2.30. The van der Waals surface area contributed by atoms with Gasteiger partial charge < -0.3 is 14.7 Å². The highest BCUT2D eigenvalue weighted by molar-refractivity contribution is 5.85. The van der Waals surface area contributed by atoms with Crippen molar-refractivity contribution < 1.29 is 9.32 Å². The molecule has 1 aliphatic rings.